The Kier molecular flexibility index (Phi) is 3.27. The predicted octanol–water partition coefficient (Wildman–Crippen LogP) is 0.350. The monoisotopic (exact) mass is 275 g/mol. The largest absolute Gasteiger partial charge is 0.378 e. The van der Waals surface area contributed by atoms with Crippen molar-refractivity contribution in [2.45, 2.75) is 6.92 Å². The second kappa shape index (κ2) is 5.09. The first kappa shape index (κ1) is 12.9. The van der Waals surface area contributed by atoms with Crippen molar-refractivity contribution in [1.29, 1.82) is 0 Å². The SMILES string of the molecule is C/C(=C\c1nc2c(ncn2C)c(=O)[nH]1)N1CCOCC1. The Bertz CT molecular complexity index is 709. The van der Waals surface area contributed by atoms with E-state index in [1.807, 2.05) is 20.0 Å². The summed E-state index contributed by atoms with van der Waals surface area (Å²) in [5.41, 5.74) is 1.82. The predicted molar refractivity (Wildman–Crippen MR) is 75.2 cm³/mol. The number of rotatable bonds is 2. The third-order valence-corrected chi connectivity index (χ3v) is 3.44. The Hall–Kier alpha value is -2.15. The lowest BCUT2D eigenvalue weighted by Gasteiger charge is -2.29. The molecule has 7 heteroatoms. The minimum atomic E-state index is -0.211. The standard InChI is InChI=1S/C13H17N5O2/c1-9(18-3-5-20-6-4-18)7-10-15-12-11(13(19)16-10)14-8-17(12)2/h7-8H,3-6H2,1-2H3,(H,15,16,19)/b9-7+. The van der Waals surface area contributed by atoms with Gasteiger partial charge in [0, 0.05) is 25.8 Å². The number of ether oxygens (including phenoxy) is 1. The molecule has 7 nitrogen and oxygen atoms in total. The maximum absolute atomic E-state index is 11.9. The van der Waals surface area contributed by atoms with Gasteiger partial charge >= 0.3 is 0 Å². The molecular formula is C13H17N5O2. The van der Waals surface area contributed by atoms with Gasteiger partial charge in [-0.15, -0.1) is 0 Å². The van der Waals surface area contributed by atoms with Gasteiger partial charge in [0.25, 0.3) is 5.56 Å². The number of hydrogen-bond donors (Lipinski definition) is 1. The molecule has 0 saturated carbocycles. The van der Waals surface area contributed by atoms with Crippen LogP contribution in [0.3, 0.4) is 0 Å². The third-order valence-electron chi connectivity index (χ3n) is 3.44. The van der Waals surface area contributed by atoms with E-state index >= 15 is 0 Å². The van der Waals surface area contributed by atoms with Gasteiger partial charge in [-0.1, -0.05) is 0 Å². The molecule has 3 rings (SSSR count). The van der Waals surface area contributed by atoms with Gasteiger partial charge in [0.05, 0.1) is 19.5 Å². The number of aromatic amines is 1. The molecule has 0 radical (unpaired) electrons. The summed E-state index contributed by atoms with van der Waals surface area (Å²) in [7, 11) is 1.82. The van der Waals surface area contributed by atoms with Crippen molar-refractivity contribution in [3.05, 3.63) is 28.2 Å². The molecule has 0 aliphatic carbocycles. The average molecular weight is 275 g/mol. The Morgan fingerprint density at radius 1 is 1.45 bits per heavy atom. The first-order valence-corrected chi connectivity index (χ1v) is 6.57. The van der Waals surface area contributed by atoms with Crippen LogP contribution in [0.2, 0.25) is 0 Å². The van der Waals surface area contributed by atoms with Gasteiger partial charge in [0.2, 0.25) is 0 Å². The lowest BCUT2D eigenvalue weighted by molar-refractivity contribution is 0.0542. The van der Waals surface area contributed by atoms with Gasteiger partial charge in [-0.3, -0.25) is 4.79 Å². The molecule has 1 N–H and O–H groups in total. The molecule has 2 aromatic heterocycles. The molecule has 0 aromatic carbocycles. The van der Waals surface area contributed by atoms with Crippen LogP contribution in [0, 0.1) is 0 Å². The van der Waals surface area contributed by atoms with E-state index in [1.54, 1.807) is 10.9 Å². The Labute approximate surface area is 115 Å². The van der Waals surface area contributed by atoms with Crippen LogP contribution in [0.15, 0.2) is 16.8 Å². The van der Waals surface area contributed by atoms with Gasteiger partial charge < -0.3 is 19.2 Å². The number of fused-ring (bicyclic) bond motifs is 1. The first-order chi connectivity index (χ1) is 9.65. The number of imidazole rings is 1. The zero-order chi connectivity index (χ0) is 14.1. The maximum atomic E-state index is 11.9. The molecule has 0 spiro atoms. The second-order valence-corrected chi connectivity index (χ2v) is 4.86. The highest BCUT2D eigenvalue weighted by atomic mass is 16.5. The summed E-state index contributed by atoms with van der Waals surface area (Å²) in [4.78, 5) is 25.4. The van der Waals surface area contributed by atoms with Crippen LogP contribution in [0.4, 0.5) is 0 Å². The van der Waals surface area contributed by atoms with Crippen LogP contribution in [0.5, 0.6) is 0 Å². The lowest BCUT2D eigenvalue weighted by Crippen LogP contribution is -2.34. The van der Waals surface area contributed by atoms with Crippen LogP contribution in [0.25, 0.3) is 17.2 Å². The number of nitrogens with zero attached hydrogens (tertiary/aromatic N) is 4. The van der Waals surface area contributed by atoms with Gasteiger partial charge in [0.15, 0.2) is 11.2 Å². The molecule has 1 fully saturated rings. The summed E-state index contributed by atoms with van der Waals surface area (Å²) in [6, 6.07) is 0. The van der Waals surface area contributed by atoms with Gasteiger partial charge in [-0.05, 0) is 13.0 Å². The van der Waals surface area contributed by atoms with Crippen LogP contribution >= 0.6 is 0 Å². The highest BCUT2D eigenvalue weighted by Crippen LogP contribution is 2.11. The zero-order valence-corrected chi connectivity index (χ0v) is 11.6. The summed E-state index contributed by atoms with van der Waals surface area (Å²) in [6.07, 6.45) is 3.48. The molecule has 0 atom stereocenters. The van der Waals surface area contributed by atoms with Gasteiger partial charge in [-0.25, -0.2) is 9.97 Å². The van der Waals surface area contributed by atoms with Crippen LogP contribution in [-0.2, 0) is 11.8 Å². The van der Waals surface area contributed by atoms with E-state index < -0.39 is 0 Å². The molecule has 0 bridgehead atoms. The van der Waals surface area contributed by atoms with E-state index in [9.17, 15) is 4.79 Å². The van der Waals surface area contributed by atoms with Crippen molar-refractivity contribution in [3.63, 3.8) is 0 Å². The van der Waals surface area contributed by atoms with Crippen molar-refractivity contribution in [1.82, 2.24) is 24.4 Å². The fourth-order valence-corrected chi connectivity index (χ4v) is 2.31. The smallest absolute Gasteiger partial charge is 0.279 e. The molecule has 0 amide bonds. The van der Waals surface area contributed by atoms with Crippen molar-refractivity contribution in [2.75, 3.05) is 26.3 Å². The number of aromatic nitrogens is 4. The normalized spacial score (nSPS) is 16.9. The Balaban J connectivity index is 1.97. The Morgan fingerprint density at radius 3 is 2.95 bits per heavy atom. The highest BCUT2D eigenvalue weighted by Gasteiger charge is 2.12. The molecule has 0 unspecified atom stereocenters. The number of H-pyrrole nitrogens is 1. The van der Waals surface area contributed by atoms with E-state index in [1.165, 1.54) is 0 Å². The third kappa shape index (κ3) is 2.32. The maximum Gasteiger partial charge on any atom is 0.279 e. The fraction of sp³-hybridized carbons (Fsp3) is 0.462. The number of aryl methyl sites for hydroxylation is 1. The number of allylic oxidation sites excluding steroid dienone is 1. The molecular weight excluding hydrogens is 258 g/mol. The van der Waals surface area contributed by atoms with Crippen molar-refractivity contribution < 1.29 is 4.74 Å². The quantitative estimate of drug-likeness (QED) is 0.856. The summed E-state index contributed by atoms with van der Waals surface area (Å²) in [6.45, 7) is 5.20. The molecule has 3 heterocycles. The summed E-state index contributed by atoms with van der Waals surface area (Å²) in [5, 5.41) is 0. The lowest BCUT2D eigenvalue weighted by atomic mass is 10.3. The van der Waals surface area contributed by atoms with Crippen LogP contribution in [0.1, 0.15) is 12.7 Å². The molecule has 1 saturated heterocycles. The van der Waals surface area contributed by atoms with E-state index in [4.69, 9.17) is 4.74 Å². The molecule has 1 aliphatic heterocycles. The van der Waals surface area contributed by atoms with Gasteiger partial charge in [-0.2, -0.15) is 0 Å². The average Bonchev–Trinajstić information content (AvgIpc) is 2.82. The molecule has 2 aromatic rings. The van der Waals surface area contributed by atoms with Crippen molar-refractivity contribution in [3.8, 4) is 0 Å². The number of hydrogen-bond acceptors (Lipinski definition) is 5. The molecule has 20 heavy (non-hydrogen) atoms. The second-order valence-electron chi connectivity index (χ2n) is 4.86. The summed E-state index contributed by atoms with van der Waals surface area (Å²) < 4.78 is 7.07. The summed E-state index contributed by atoms with van der Waals surface area (Å²) in [5.74, 6) is 0.551. The van der Waals surface area contributed by atoms with Crippen molar-refractivity contribution >= 4 is 17.2 Å². The minimum Gasteiger partial charge on any atom is -0.378 e. The molecule has 106 valence electrons. The highest BCUT2D eigenvalue weighted by molar-refractivity contribution is 5.70. The summed E-state index contributed by atoms with van der Waals surface area (Å²) >= 11 is 0. The topological polar surface area (TPSA) is 76.0 Å². The Morgan fingerprint density at radius 2 is 2.20 bits per heavy atom. The zero-order valence-electron chi connectivity index (χ0n) is 11.6. The van der Waals surface area contributed by atoms with Crippen LogP contribution < -0.4 is 5.56 Å². The van der Waals surface area contributed by atoms with Crippen LogP contribution in [-0.4, -0.2) is 50.7 Å². The van der Waals surface area contributed by atoms with Crippen molar-refractivity contribution in [2.24, 2.45) is 7.05 Å². The minimum absolute atomic E-state index is 0.211. The number of nitrogens with one attached hydrogen (secondary N) is 1. The molecule has 1 aliphatic rings. The van der Waals surface area contributed by atoms with E-state index in [-0.39, 0.29) is 5.56 Å². The number of morpholine rings is 1. The fourth-order valence-electron chi connectivity index (χ4n) is 2.31. The van der Waals surface area contributed by atoms with E-state index in [2.05, 4.69) is 19.9 Å². The van der Waals surface area contributed by atoms with Gasteiger partial charge in [0.1, 0.15) is 5.82 Å². The first-order valence-electron chi connectivity index (χ1n) is 6.57. The van der Waals surface area contributed by atoms with E-state index in [0.29, 0.717) is 17.0 Å². The van der Waals surface area contributed by atoms with E-state index in [0.717, 1.165) is 32.0 Å².